The van der Waals surface area contributed by atoms with Crippen LogP contribution < -0.4 is 5.73 Å². The third-order valence-corrected chi connectivity index (χ3v) is 4.96. The van der Waals surface area contributed by atoms with Crippen LogP contribution in [0, 0.1) is 11.8 Å². The van der Waals surface area contributed by atoms with Gasteiger partial charge in [0.15, 0.2) is 5.82 Å². The van der Waals surface area contributed by atoms with Gasteiger partial charge >= 0.3 is 0 Å². The van der Waals surface area contributed by atoms with Gasteiger partial charge in [0.2, 0.25) is 5.91 Å². The molecule has 1 aliphatic rings. The number of aromatic nitrogens is 4. The van der Waals surface area contributed by atoms with Crippen LogP contribution in [0.5, 0.6) is 0 Å². The molecule has 25 heavy (non-hydrogen) atoms. The fraction of sp³-hybridized carbons (Fsp3) is 0.556. The van der Waals surface area contributed by atoms with Gasteiger partial charge in [0, 0.05) is 5.92 Å². The van der Waals surface area contributed by atoms with E-state index in [1.807, 2.05) is 22.9 Å². The Kier molecular flexibility index (Phi) is 5.43. The minimum atomic E-state index is -0.186. The standard InChI is InChI=1S/C18H26N6O/c1-13(2)16(23-10-8-15(9-11-23)17(19)25)18-20-21-22-24(18)12-14-6-4-3-5-7-14/h3-7,13,15-16H,8-12H2,1-2H3,(H2,19,25)/t16-/m1/s1. The van der Waals surface area contributed by atoms with Crippen LogP contribution in [0.3, 0.4) is 0 Å². The molecule has 1 fully saturated rings. The second-order valence-electron chi connectivity index (χ2n) is 7.08. The number of nitrogens with zero attached hydrogens (tertiary/aromatic N) is 5. The summed E-state index contributed by atoms with van der Waals surface area (Å²) >= 11 is 0. The lowest BCUT2D eigenvalue weighted by Crippen LogP contribution is -2.42. The summed E-state index contributed by atoms with van der Waals surface area (Å²) in [5.41, 5.74) is 6.63. The Bertz CT molecular complexity index is 691. The molecule has 2 N–H and O–H groups in total. The van der Waals surface area contributed by atoms with E-state index in [-0.39, 0.29) is 17.9 Å². The first-order valence-corrected chi connectivity index (χ1v) is 8.89. The highest BCUT2D eigenvalue weighted by molar-refractivity contribution is 5.76. The van der Waals surface area contributed by atoms with Gasteiger partial charge in [0.25, 0.3) is 0 Å². The highest BCUT2D eigenvalue weighted by Crippen LogP contribution is 2.31. The van der Waals surface area contributed by atoms with Crippen molar-refractivity contribution in [3.8, 4) is 0 Å². The quantitative estimate of drug-likeness (QED) is 0.861. The minimum Gasteiger partial charge on any atom is -0.369 e. The number of piperidine rings is 1. The molecular formula is C18H26N6O. The molecule has 0 saturated carbocycles. The number of primary amides is 1. The molecule has 1 atom stereocenters. The number of carbonyl (C=O) groups excluding carboxylic acids is 1. The Morgan fingerprint density at radius 3 is 2.52 bits per heavy atom. The molecule has 0 aliphatic carbocycles. The summed E-state index contributed by atoms with van der Waals surface area (Å²) in [7, 11) is 0. The van der Waals surface area contributed by atoms with Crippen molar-refractivity contribution < 1.29 is 4.79 Å². The second-order valence-corrected chi connectivity index (χ2v) is 7.08. The summed E-state index contributed by atoms with van der Waals surface area (Å²) in [4.78, 5) is 13.8. The molecule has 2 aromatic rings. The van der Waals surface area contributed by atoms with Crippen molar-refractivity contribution in [1.82, 2.24) is 25.1 Å². The van der Waals surface area contributed by atoms with Gasteiger partial charge in [-0.3, -0.25) is 9.69 Å². The molecule has 0 bridgehead atoms. The molecular weight excluding hydrogens is 316 g/mol. The van der Waals surface area contributed by atoms with E-state index >= 15 is 0 Å². The number of carbonyl (C=O) groups is 1. The summed E-state index contributed by atoms with van der Waals surface area (Å²) in [6.07, 6.45) is 1.61. The molecule has 0 spiro atoms. The van der Waals surface area contributed by atoms with Gasteiger partial charge in [0.05, 0.1) is 12.6 Å². The average molecular weight is 342 g/mol. The molecule has 134 valence electrons. The summed E-state index contributed by atoms with van der Waals surface area (Å²) in [5.74, 6) is 1.06. The van der Waals surface area contributed by atoms with Crippen molar-refractivity contribution in [3.63, 3.8) is 0 Å². The van der Waals surface area contributed by atoms with E-state index in [2.05, 4.69) is 46.4 Å². The summed E-state index contributed by atoms with van der Waals surface area (Å²) in [6, 6.07) is 10.3. The summed E-state index contributed by atoms with van der Waals surface area (Å²) < 4.78 is 1.89. The first-order chi connectivity index (χ1) is 12.1. The van der Waals surface area contributed by atoms with Gasteiger partial charge in [-0.15, -0.1) is 5.10 Å². The molecule has 1 aromatic carbocycles. The van der Waals surface area contributed by atoms with Crippen LogP contribution in [0.25, 0.3) is 0 Å². The molecule has 0 radical (unpaired) electrons. The zero-order chi connectivity index (χ0) is 17.8. The molecule has 0 unspecified atom stereocenters. The Morgan fingerprint density at radius 1 is 1.24 bits per heavy atom. The van der Waals surface area contributed by atoms with E-state index in [9.17, 15) is 4.79 Å². The predicted octanol–water partition coefficient (Wildman–Crippen LogP) is 1.62. The normalized spacial score (nSPS) is 17.7. The van der Waals surface area contributed by atoms with Crippen LogP contribution >= 0.6 is 0 Å². The van der Waals surface area contributed by atoms with Crippen LogP contribution in [-0.4, -0.2) is 44.1 Å². The van der Waals surface area contributed by atoms with Gasteiger partial charge in [-0.1, -0.05) is 44.2 Å². The van der Waals surface area contributed by atoms with E-state index in [0.29, 0.717) is 12.5 Å². The third-order valence-electron chi connectivity index (χ3n) is 4.96. The van der Waals surface area contributed by atoms with Crippen molar-refractivity contribution in [2.45, 2.75) is 39.3 Å². The highest BCUT2D eigenvalue weighted by atomic mass is 16.1. The summed E-state index contributed by atoms with van der Waals surface area (Å²) in [6.45, 7) is 6.71. The fourth-order valence-electron chi connectivity index (χ4n) is 3.64. The zero-order valence-electron chi connectivity index (χ0n) is 14.9. The molecule has 2 heterocycles. The number of amides is 1. The van der Waals surface area contributed by atoms with E-state index in [1.54, 1.807) is 0 Å². The monoisotopic (exact) mass is 342 g/mol. The van der Waals surface area contributed by atoms with E-state index in [1.165, 1.54) is 5.56 Å². The molecule has 7 heteroatoms. The van der Waals surface area contributed by atoms with Crippen LogP contribution in [0.4, 0.5) is 0 Å². The van der Waals surface area contributed by atoms with Crippen molar-refractivity contribution in [3.05, 3.63) is 41.7 Å². The number of nitrogens with two attached hydrogens (primary N) is 1. The Morgan fingerprint density at radius 2 is 1.92 bits per heavy atom. The number of benzene rings is 1. The minimum absolute atomic E-state index is 0.00984. The smallest absolute Gasteiger partial charge is 0.220 e. The van der Waals surface area contributed by atoms with E-state index in [4.69, 9.17) is 5.73 Å². The van der Waals surface area contributed by atoms with Gasteiger partial charge in [-0.2, -0.15) is 0 Å². The van der Waals surface area contributed by atoms with Gasteiger partial charge < -0.3 is 5.73 Å². The maximum Gasteiger partial charge on any atom is 0.220 e. The number of hydrogen-bond donors (Lipinski definition) is 1. The Hall–Kier alpha value is -2.28. The van der Waals surface area contributed by atoms with E-state index < -0.39 is 0 Å². The van der Waals surface area contributed by atoms with Crippen molar-refractivity contribution in [2.75, 3.05) is 13.1 Å². The van der Waals surface area contributed by atoms with Crippen LogP contribution in [0.15, 0.2) is 30.3 Å². The number of rotatable bonds is 6. The van der Waals surface area contributed by atoms with Crippen molar-refractivity contribution in [1.29, 1.82) is 0 Å². The lowest BCUT2D eigenvalue weighted by Gasteiger charge is -2.38. The van der Waals surface area contributed by atoms with Crippen molar-refractivity contribution >= 4 is 5.91 Å². The zero-order valence-corrected chi connectivity index (χ0v) is 14.9. The van der Waals surface area contributed by atoms with Gasteiger partial charge in [0.1, 0.15) is 0 Å². The van der Waals surface area contributed by atoms with Gasteiger partial charge in [-0.25, -0.2) is 4.68 Å². The molecule has 3 rings (SSSR count). The lowest BCUT2D eigenvalue weighted by atomic mass is 9.92. The molecule has 1 aliphatic heterocycles. The van der Waals surface area contributed by atoms with E-state index in [0.717, 1.165) is 31.8 Å². The van der Waals surface area contributed by atoms with Gasteiger partial charge in [-0.05, 0) is 47.8 Å². The largest absolute Gasteiger partial charge is 0.369 e. The van der Waals surface area contributed by atoms with Crippen LogP contribution in [-0.2, 0) is 11.3 Å². The first-order valence-electron chi connectivity index (χ1n) is 8.89. The average Bonchev–Trinajstić information content (AvgIpc) is 3.04. The number of tetrazole rings is 1. The Balaban J connectivity index is 1.78. The third kappa shape index (κ3) is 4.04. The molecule has 1 aromatic heterocycles. The Labute approximate surface area is 148 Å². The first kappa shape index (κ1) is 17.5. The van der Waals surface area contributed by atoms with Crippen LogP contribution in [0.2, 0.25) is 0 Å². The molecule has 1 amide bonds. The topological polar surface area (TPSA) is 89.9 Å². The number of hydrogen-bond acceptors (Lipinski definition) is 5. The fourth-order valence-corrected chi connectivity index (χ4v) is 3.64. The SMILES string of the molecule is CC(C)[C@H](c1nnnn1Cc1ccccc1)N1CCC(C(N)=O)CC1. The number of likely N-dealkylation sites (tertiary alicyclic amines) is 1. The van der Waals surface area contributed by atoms with Crippen molar-refractivity contribution in [2.24, 2.45) is 17.6 Å². The van der Waals surface area contributed by atoms with Crippen LogP contribution in [0.1, 0.15) is 44.1 Å². The summed E-state index contributed by atoms with van der Waals surface area (Å²) in [5, 5.41) is 12.5. The highest BCUT2D eigenvalue weighted by Gasteiger charge is 2.33. The molecule has 7 nitrogen and oxygen atoms in total. The molecule has 1 saturated heterocycles. The maximum atomic E-state index is 11.4. The lowest BCUT2D eigenvalue weighted by molar-refractivity contribution is -0.123. The second kappa shape index (κ2) is 7.74. The maximum absolute atomic E-state index is 11.4. The predicted molar refractivity (Wildman–Crippen MR) is 94.4 cm³/mol.